The zero-order valence-corrected chi connectivity index (χ0v) is 13.1. The number of carbonyl (C=O) groups excluding carboxylic acids is 2. The lowest BCUT2D eigenvalue weighted by Crippen LogP contribution is -2.72. The molecule has 2 atom stereocenters. The molecule has 0 spiro atoms. The van der Waals surface area contributed by atoms with Crippen molar-refractivity contribution in [2.75, 3.05) is 20.1 Å². The Bertz CT molecular complexity index is 393. The van der Waals surface area contributed by atoms with Crippen LogP contribution in [0.4, 0.5) is 0 Å². The van der Waals surface area contributed by atoms with Gasteiger partial charge in [0.25, 0.3) is 0 Å². The Morgan fingerprint density at radius 3 is 2.50 bits per heavy atom. The van der Waals surface area contributed by atoms with Crippen LogP contribution in [0.2, 0.25) is 0 Å². The molecule has 0 aromatic carbocycles. The van der Waals surface area contributed by atoms with E-state index in [0.717, 1.165) is 25.9 Å². The van der Waals surface area contributed by atoms with Gasteiger partial charge in [-0.15, -0.1) is 0 Å². The Balaban J connectivity index is 2.28. The van der Waals surface area contributed by atoms with Gasteiger partial charge in [-0.1, -0.05) is 13.8 Å². The van der Waals surface area contributed by atoms with Crippen LogP contribution in [-0.4, -0.2) is 59.4 Å². The Kier molecular flexibility index (Phi) is 4.37. The van der Waals surface area contributed by atoms with Crippen molar-refractivity contribution in [1.29, 1.82) is 0 Å². The third-order valence-corrected chi connectivity index (χ3v) is 5.00. The topological polar surface area (TPSA) is 52.7 Å². The number of amides is 2. The highest BCUT2D eigenvalue weighted by atomic mass is 16.2. The van der Waals surface area contributed by atoms with Crippen LogP contribution in [0, 0.1) is 0 Å². The molecule has 1 N–H and O–H groups in total. The number of piperidine rings is 1. The molecule has 2 aliphatic heterocycles. The first kappa shape index (κ1) is 15.3. The van der Waals surface area contributed by atoms with E-state index in [4.69, 9.17) is 0 Å². The number of likely N-dealkylation sites (N-methyl/N-ethyl adjacent to an activating group) is 1. The molecular formula is C15H27N3O2. The summed E-state index contributed by atoms with van der Waals surface area (Å²) in [6.07, 6.45) is 3.39. The van der Waals surface area contributed by atoms with Crippen molar-refractivity contribution in [1.82, 2.24) is 15.1 Å². The summed E-state index contributed by atoms with van der Waals surface area (Å²) in [5, 5.41) is 2.97. The van der Waals surface area contributed by atoms with Crippen LogP contribution >= 0.6 is 0 Å². The van der Waals surface area contributed by atoms with Crippen molar-refractivity contribution in [3.8, 4) is 0 Å². The Labute approximate surface area is 121 Å². The molecule has 114 valence electrons. The summed E-state index contributed by atoms with van der Waals surface area (Å²) in [4.78, 5) is 29.4. The summed E-state index contributed by atoms with van der Waals surface area (Å²) in [7, 11) is 2.08. The minimum atomic E-state index is -0.695. The van der Waals surface area contributed by atoms with Crippen LogP contribution in [0.25, 0.3) is 0 Å². The van der Waals surface area contributed by atoms with E-state index in [0.29, 0.717) is 12.8 Å². The number of nitrogens with zero attached hydrogens (tertiary/aromatic N) is 2. The molecule has 2 rings (SSSR count). The van der Waals surface area contributed by atoms with Crippen LogP contribution in [0.5, 0.6) is 0 Å². The molecule has 5 nitrogen and oxygen atoms in total. The average Bonchev–Trinajstić information content (AvgIpc) is 2.43. The predicted molar refractivity (Wildman–Crippen MR) is 78.3 cm³/mol. The minimum Gasteiger partial charge on any atom is -0.340 e. The van der Waals surface area contributed by atoms with Gasteiger partial charge >= 0.3 is 0 Å². The second kappa shape index (κ2) is 5.72. The zero-order valence-electron chi connectivity index (χ0n) is 13.1. The molecule has 0 aromatic heterocycles. The third kappa shape index (κ3) is 2.43. The van der Waals surface area contributed by atoms with Gasteiger partial charge in [-0.2, -0.15) is 0 Å². The predicted octanol–water partition coefficient (Wildman–Crippen LogP) is 0.986. The van der Waals surface area contributed by atoms with E-state index in [2.05, 4.69) is 17.3 Å². The van der Waals surface area contributed by atoms with Crippen LogP contribution < -0.4 is 5.32 Å². The summed E-state index contributed by atoms with van der Waals surface area (Å²) >= 11 is 0. The fraction of sp³-hybridized carbons (Fsp3) is 0.867. The maximum atomic E-state index is 13.0. The first-order valence-electron chi connectivity index (χ1n) is 7.78. The first-order chi connectivity index (χ1) is 9.45. The summed E-state index contributed by atoms with van der Waals surface area (Å²) in [5.41, 5.74) is -0.695. The van der Waals surface area contributed by atoms with Gasteiger partial charge in [0.2, 0.25) is 11.8 Å². The lowest BCUT2D eigenvalue weighted by Gasteiger charge is -2.49. The Morgan fingerprint density at radius 2 is 1.95 bits per heavy atom. The number of hydrogen-bond acceptors (Lipinski definition) is 3. The molecule has 2 amide bonds. The molecule has 5 heteroatoms. The quantitative estimate of drug-likeness (QED) is 0.839. The summed E-state index contributed by atoms with van der Waals surface area (Å²) in [5.74, 6) is 0.0939. The molecule has 20 heavy (non-hydrogen) atoms. The molecule has 0 aromatic rings. The van der Waals surface area contributed by atoms with Crippen molar-refractivity contribution in [3.05, 3.63) is 0 Å². The molecule has 2 fully saturated rings. The van der Waals surface area contributed by atoms with E-state index in [9.17, 15) is 9.59 Å². The maximum absolute atomic E-state index is 13.0. The maximum Gasteiger partial charge on any atom is 0.249 e. The van der Waals surface area contributed by atoms with E-state index in [1.165, 1.54) is 0 Å². The van der Waals surface area contributed by atoms with Crippen molar-refractivity contribution in [3.63, 3.8) is 0 Å². The van der Waals surface area contributed by atoms with E-state index in [1.54, 1.807) is 0 Å². The van der Waals surface area contributed by atoms with Gasteiger partial charge in [0.15, 0.2) is 0 Å². The van der Waals surface area contributed by atoms with Crippen LogP contribution in [0.3, 0.4) is 0 Å². The van der Waals surface area contributed by atoms with E-state index >= 15 is 0 Å². The zero-order chi connectivity index (χ0) is 14.9. The van der Waals surface area contributed by atoms with Gasteiger partial charge in [-0.05, 0) is 46.2 Å². The molecule has 0 bridgehead atoms. The molecule has 0 radical (unpaired) electrons. The van der Waals surface area contributed by atoms with Gasteiger partial charge in [-0.3, -0.25) is 9.59 Å². The number of nitrogens with one attached hydrogen (secondary N) is 1. The molecule has 0 aliphatic carbocycles. The fourth-order valence-electron chi connectivity index (χ4n) is 3.52. The molecular weight excluding hydrogens is 254 g/mol. The van der Waals surface area contributed by atoms with Gasteiger partial charge in [0, 0.05) is 12.6 Å². The van der Waals surface area contributed by atoms with Crippen LogP contribution in [0.15, 0.2) is 0 Å². The van der Waals surface area contributed by atoms with E-state index in [1.807, 2.05) is 25.7 Å². The highest BCUT2D eigenvalue weighted by molar-refractivity contribution is 5.99. The lowest BCUT2D eigenvalue weighted by atomic mass is 9.85. The standard InChI is InChI=1S/C15H27N3O2/c1-5-15(6-2)14(20)18(11(3)13(19)16-15)12-8-7-9-17(4)10-12/h11-12H,5-10H2,1-4H3,(H,16,19). The second-order valence-electron chi connectivity index (χ2n) is 6.23. The smallest absolute Gasteiger partial charge is 0.249 e. The normalized spacial score (nSPS) is 31.3. The van der Waals surface area contributed by atoms with Gasteiger partial charge in [0.05, 0.1) is 0 Å². The summed E-state index contributed by atoms with van der Waals surface area (Å²) < 4.78 is 0. The Morgan fingerprint density at radius 1 is 1.30 bits per heavy atom. The fourth-order valence-corrected chi connectivity index (χ4v) is 3.52. The molecule has 2 aliphatic rings. The van der Waals surface area contributed by atoms with Gasteiger partial charge < -0.3 is 15.1 Å². The van der Waals surface area contributed by atoms with Crippen molar-refractivity contribution in [2.45, 2.75) is 64.1 Å². The molecule has 2 saturated heterocycles. The highest BCUT2D eigenvalue weighted by Gasteiger charge is 2.49. The second-order valence-corrected chi connectivity index (χ2v) is 6.23. The SMILES string of the molecule is CCC1(CC)NC(=O)C(C)N(C2CCCN(C)C2)C1=O. The molecule has 0 saturated carbocycles. The molecule has 2 unspecified atom stereocenters. The first-order valence-corrected chi connectivity index (χ1v) is 7.78. The van der Waals surface area contributed by atoms with Crippen molar-refractivity contribution < 1.29 is 9.59 Å². The van der Waals surface area contributed by atoms with Gasteiger partial charge in [-0.25, -0.2) is 0 Å². The minimum absolute atomic E-state index is 0.0125. The summed E-state index contributed by atoms with van der Waals surface area (Å²) in [6.45, 7) is 7.74. The lowest BCUT2D eigenvalue weighted by molar-refractivity contribution is -0.159. The molecule has 2 heterocycles. The highest BCUT2D eigenvalue weighted by Crippen LogP contribution is 2.29. The number of hydrogen-bond donors (Lipinski definition) is 1. The van der Waals surface area contributed by atoms with Gasteiger partial charge in [0.1, 0.15) is 11.6 Å². The van der Waals surface area contributed by atoms with Crippen molar-refractivity contribution >= 4 is 11.8 Å². The largest absolute Gasteiger partial charge is 0.340 e. The van der Waals surface area contributed by atoms with Crippen molar-refractivity contribution in [2.24, 2.45) is 0 Å². The average molecular weight is 281 g/mol. The van der Waals surface area contributed by atoms with Crippen LogP contribution in [-0.2, 0) is 9.59 Å². The number of carbonyl (C=O) groups is 2. The number of likely N-dealkylation sites (tertiary alicyclic amines) is 1. The Hall–Kier alpha value is -1.10. The van der Waals surface area contributed by atoms with E-state index in [-0.39, 0.29) is 23.9 Å². The third-order valence-electron chi connectivity index (χ3n) is 5.00. The van der Waals surface area contributed by atoms with E-state index < -0.39 is 5.54 Å². The number of piperazine rings is 1. The monoisotopic (exact) mass is 281 g/mol. The number of rotatable bonds is 3. The van der Waals surface area contributed by atoms with Crippen LogP contribution in [0.1, 0.15) is 46.5 Å². The summed E-state index contributed by atoms with van der Waals surface area (Å²) in [6, 6.07) is -0.190.